The van der Waals surface area contributed by atoms with Crippen molar-refractivity contribution in [3.05, 3.63) is 35.4 Å². The van der Waals surface area contributed by atoms with Crippen LogP contribution in [0.2, 0.25) is 0 Å². The average Bonchev–Trinajstić information content (AvgIpc) is 2.86. The molecule has 0 aliphatic carbocycles. The van der Waals surface area contributed by atoms with Gasteiger partial charge in [-0.2, -0.15) is 22.5 Å². The Morgan fingerprint density at radius 3 is 2.88 bits per heavy atom. The summed E-state index contributed by atoms with van der Waals surface area (Å²) >= 11 is 0.418. The number of aromatic nitrogens is 2. The summed E-state index contributed by atoms with van der Waals surface area (Å²) in [6, 6.07) is 3.60. The van der Waals surface area contributed by atoms with Gasteiger partial charge in [0.15, 0.2) is 0 Å². The quantitative estimate of drug-likeness (QED) is 0.792. The minimum atomic E-state index is -4.68. The number of nitrogens with zero attached hydrogens (tertiary/aromatic N) is 3. The lowest BCUT2D eigenvalue weighted by Gasteiger charge is -2.19. The van der Waals surface area contributed by atoms with E-state index in [4.69, 9.17) is 4.74 Å². The molecule has 2 aromatic rings. The van der Waals surface area contributed by atoms with Gasteiger partial charge in [-0.3, -0.25) is 5.32 Å². The van der Waals surface area contributed by atoms with Gasteiger partial charge in [0.2, 0.25) is 11.0 Å². The highest BCUT2D eigenvalue weighted by atomic mass is 32.1. The Labute approximate surface area is 137 Å². The summed E-state index contributed by atoms with van der Waals surface area (Å²) in [5.74, 6) is -1.51. The van der Waals surface area contributed by atoms with Gasteiger partial charge in [0.25, 0.3) is 0 Å². The lowest BCUT2D eigenvalue weighted by molar-refractivity contribution is -0.144. The highest BCUT2D eigenvalue weighted by molar-refractivity contribution is 7.09. The van der Waals surface area contributed by atoms with E-state index in [1.807, 2.05) is 0 Å². The molecule has 3 rings (SSSR count). The first-order valence-electron chi connectivity index (χ1n) is 6.71. The predicted molar refractivity (Wildman–Crippen MR) is 76.2 cm³/mol. The minimum Gasteiger partial charge on any atom is -0.491 e. The standard InChI is InChI=1S/C13H10F4N4O2S/c14-8-2-1-3-9-7(8)6-21(4-5-23-9)12(22)19-11-18-10(20-24-11)13(15,16)17/h1-3H,4-6H2,(H,18,19,20,22). The van der Waals surface area contributed by atoms with Gasteiger partial charge in [0, 0.05) is 17.1 Å². The van der Waals surface area contributed by atoms with Gasteiger partial charge in [-0.25, -0.2) is 9.18 Å². The molecule has 2 amide bonds. The van der Waals surface area contributed by atoms with Crippen LogP contribution < -0.4 is 10.1 Å². The lowest BCUT2D eigenvalue weighted by Crippen LogP contribution is -2.36. The first-order chi connectivity index (χ1) is 11.3. The van der Waals surface area contributed by atoms with Gasteiger partial charge in [0.1, 0.15) is 18.2 Å². The van der Waals surface area contributed by atoms with Crippen molar-refractivity contribution in [1.82, 2.24) is 14.3 Å². The Balaban J connectivity index is 1.73. The molecule has 0 atom stereocenters. The number of fused-ring (bicyclic) bond motifs is 1. The van der Waals surface area contributed by atoms with Crippen molar-refractivity contribution in [3.8, 4) is 5.75 Å². The van der Waals surface area contributed by atoms with Crippen LogP contribution in [-0.4, -0.2) is 33.4 Å². The van der Waals surface area contributed by atoms with Crippen LogP contribution in [0.25, 0.3) is 0 Å². The number of urea groups is 1. The molecule has 0 unspecified atom stereocenters. The maximum Gasteiger partial charge on any atom is 0.452 e. The number of anilines is 1. The topological polar surface area (TPSA) is 67.4 Å². The van der Waals surface area contributed by atoms with E-state index in [0.717, 1.165) is 0 Å². The second-order valence-corrected chi connectivity index (χ2v) is 5.59. The molecule has 24 heavy (non-hydrogen) atoms. The summed E-state index contributed by atoms with van der Waals surface area (Å²) in [6.07, 6.45) is -4.68. The lowest BCUT2D eigenvalue weighted by atomic mass is 10.2. The van der Waals surface area contributed by atoms with Crippen LogP contribution in [0.3, 0.4) is 0 Å². The predicted octanol–water partition coefficient (Wildman–Crippen LogP) is 3.12. The van der Waals surface area contributed by atoms with Crippen LogP contribution in [0.5, 0.6) is 5.75 Å². The van der Waals surface area contributed by atoms with E-state index in [2.05, 4.69) is 14.7 Å². The van der Waals surface area contributed by atoms with Crippen LogP contribution in [0.4, 0.5) is 27.5 Å². The van der Waals surface area contributed by atoms with E-state index in [0.29, 0.717) is 17.3 Å². The molecule has 0 fully saturated rings. The molecule has 0 radical (unpaired) electrons. The van der Waals surface area contributed by atoms with E-state index in [1.54, 1.807) is 6.07 Å². The fourth-order valence-corrected chi connectivity index (χ4v) is 2.67. The Morgan fingerprint density at radius 2 is 2.17 bits per heavy atom. The second-order valence-electron chi connectivity index (χ2n) is 4.84. The largest absolute Gasteiger partial charge is 0.491 e. The second kappa shape index (κ2) is 6.23. The van der Waals surface area contributed by atoms with Crippen molar-refractivity contribution in [2.45, 2.75) is 12.7 Å². The van der Waals surface area contributed by atoms with Crippen LogP contribution >= 0.6 is 11.5 Å². The molecule has 1 aliphatic heterocycles. The van der Waals surface area contributed by atoms with Crippen molar-refractivity contribution in [3.63, 3.8) is 0 Å². The first kappa shape index (κ1) is 16.4. The van der Waals surface area contributed by atoms with Crippen molar-refractivity contribution in [1.29, 1.82) is 0 Å². The molecule has 0 saturated heterocycles. The Hall–Kier alpha value is -2.43. The highest BCUT2D eigenvalue weighted by Crippen LogP contribution is 2.29. The van der Waals surface area contributed by atoms with E-state index in [1.165, 1.54) is 17.0 Å². The Kier molecular flexibility index (Phi) is 4.26. The molecule has 11 heteroatoms. The van der Waals surface area contributed by atoms with Crippen LogP contribution in [0.1, 0.15) is 11.4 Å². The summed E-state index contributed by atoms with van der Waals surface area (Å²) < 4.78 is 59.8. The van der Waals surface area contributed by atoms with E-state index in [-0.39, 0.29) is 30.4 Å². The molecule has 1 aliphatic rings. The van der Waals surface area contributed by atoms with Crippen LogP contribution in [0, 0.1) is 5.82 Å². The fourth-order valence-electron chi connectivity index (χ4n) is 2.10. The van der Waals surface area contributed by atoms with Gasteiger partial charge in [-0.1, -0.05) is 6.07 Å². The minimum absolute atomic E-state index is 0.0707. The normalized spacial score (nSPS) is 14.6. The number of alkyl halides is 3. The van der Waals surface area contributed by atoms with Gasteiger partial charge in [0.05, 0.1) is 13.1 Å². The number of rotatable bonds is 1. The third-order valence-corrected chi connectivity index (χ3v) is 3.85. The monoisotopic (exact) mass is 362 g/mol. The molecule has 1 aromatic carbocycles. The number of halogens is 4. The Bertz CT molecular complexity index is 765. The van der Waals surface area contributed by atoms with Crippen molar-refractivity contribution in [2.75, 3.05) is 18.5 Å². The van der Waals surface area contributed by atoms with Gasteiger partial charge >= 0.3 is 12.2 Å². The average molecular weight is 362 g/mol. The fraction of sp³-hybridized carbons (Fsp3) is 0.308. The zero-order valence-electron chi connectivity index (χ0n) is 11.9. The number of carbonyl (C=O) groups excluding carboxylic acids is 1. The molecule has 1 N–H and O–H groups in total. The molecule has 128 valence electrons. The van der Waals surface area contributed by atoms with Crippen LogP contribution in [0.15, 0.2) is 18.2 Å². The number of hydrogen-bond donors (Lipinski definition) is 1. The molecule has 0 spiro atoms. The zero-order chi connectivity index (χ0) is 17.3. The van der Waals surface area contributed by atoms with E-state index in [9.17, 15) is 22.4 Å². The molecule has 1 aromatic heterocycles. The maximum absolute atomic E-state index is 13.9. The van der Waals surface area contributed by atoms with Gasteiger partial charge in [-0.05, 0) is 12.1 Å². The summed E-state index contributed by atoms with van der Waals surface area (Å²) in [4.78, 5) is 16.6. The third-order valence-electron chi connectivity index (χ3n) is 3.22. The smallest absolute Gasteiger partial charge is 0.452 e. The highest BCUT2D eigenvalue weighted by Gasteiger charge is 2.36. The molecule has 0 bridgehead atoms. The van der Waals surface area contributed by atoms with Crippen molar-refractivity contribution in [2.24, 2.45) is 0 Å². The maximum atomic E-state index is 13.9. The Morgan fingerprint density at radius 1 is 1.38 bits per heavy atom. The zero-order valence-corrected chi connectivity index (χ0v) is 12.7. The summed E-state index contributed by atoms with van der Waals surface area (Å²) in [7, 11) is 0. The molecular formula is C13H10F4N4O2S. The van der Waals surface area contributed by atoms with Gasteiger partial charge in [-0.15, -0.1) is 0 Å². The van der Waals surface area contributed by atoms with E-state index < -0.39 is 23.8 Å². The molecular weight excluding hydrogens is 352 g/mol. The first-order valence-corrected chi connectivity index (χ1v) is 7.49. The SMILES string of the molecule is O=C(Nc1nc(C(F)(F)F)ns1)N1CCOc2cccc(F)c2C1. The number of hydrogen-bond acceptors (Lipinski definition) is 5. The van der Waals surface area contributed by atoms with Crippen molar-refractivity contribution < 1.29 is 27.1 Å². The number of carbonyl (C=O) groups is 1. The summed E-state index contributed by atoms with van der Waals surface area (Å²) in [6.45, 7) is 0.206. The molecule has 2 heterocycles. The van der Waals surface area contributed by atoms with Crippen molar-refractivity contribution >= 4 is 22.7 Å². The number of nitrogens with one attached hydrogen (secondary N) is 1. The molecule has 0 saturated carbocycles. The number of ether oxygens (including phenoxy) is 1. The van der Waals surface area contributed by atoms with Gasteiger partial charge < -0.3 is 9.64 Å². The van der Waals surface area contributed by atoms with Crippen LogP contribution in [-0.2, 0) is 12.7 Å². The molecule has 6 nitrogen and oxygen atoms in total. The summed E-state index contributed by atoms with van der Waals surface area (Å²) in [5, 5.41) is 1.95. The van der Waals surface area contributed by atoms with E-state index >= 15 is 0 Å². The number of benzene rings is 1. The third kappa shape index (κ3) is 3.40. The number of amides is 2. The summed E-state index contributed by atoms with van der Waals surface area (Å²) in [5.41, 5.74) is 0.207.